The minimum atomic E-state index is -1.90. The Bertz CT molecular complexity index is 2670. The first-order valence-electron chi connectivity index (χ1n) is 36.7. The van der Waals surface area contributed by atoms with E-state index in [0.29, 0.717) is 65.5 Å². The maximum absolute atomic E-state index is 12.4. The largest absolute Gasteiger partial charge is 0.463 e. The molecule has 0 saturated heterocycles. The van der Waals surface area contributed by atoms with Crippen molar-refractivity contribution in [1.29, 1.82) is 0 Å². The fourth-order valence-corrected chi connectivity index (χ4v) is 9.75. The molecule has 0 radical (unpaired) electrons. The number of esters is 7. The third-order valence-electron chi connectivity index (χ3n) is 15.2. The molecule has 3 aromatic carbocycles. The summed E-state index contributed by atoms with van der Waals surface area (Å²) in [5.74, 6) is -5.15. The van der Waals surface area contributed by atoms with Crippen LogP contribution in [0, 0.1) is 23.7 Å². The van der Waals surface area contributed by atoms with E-state index < -0.39 is 52.3 Å². The zero-order chi connectivity index (χ0) is 80.2. The van der Waals surface area contributed by atoms with E-state index in [1.807, 2.05) is 119 Å². The smallest absolute Gasteiger partial charge is 0.320 e. The Kier molecular flexibility index (Phi) is 60.1. The highest BCUT2D eigenvalue weighted by molar-refractivity contribution is 9.09. The second kappa shape index (κ2) is 59.5. The summed E-state index contributed by atoms with van der Waals surface area (Å²) in [6.45, 7) is 52.0. The van der Waals surface area contributed by atoms with Gasteiger partial charge in [0.2, 0.25) is 0 Å². The number of aliphatic hydroxyl groups is 2. The molecule has 3 aromatic rings. The molecule has 606 valence electrons. The fraction of sp³-hybridized carbons (Fsp3) is 0.691. The predicted molar refractivity (Wildman–Crippen MR) is 425 cm³/mol. The fourth-order valence-electron chi connectivity index (χ4n) is 7.65. The molecule has 3 atom stereocenters. The van der Waals surface area contributed by atoms with Crippen LogP contribution < -0.4 is 0 Å². The molecule has 3 rings (SSSR count). The number of rotatable bonds is 39. The van der Waals surface area contributed by atoms with Crippen molar-refractivity contribution in [3.05, 3.63) is 108 Å². The monoisotopic (exact) mass is 1580 g/mol. The molecular weight excluding hydrogens is 1440 g/mol. The topological polar surface area (TPSA) is 271 Å². The van der Waals surface area contributed by atoms with E-state index >= 15 is 0 Å². The molecule has 0 bridgehead atoms. The van der Waals surface area contributed by atoms with Crippen LogP contribution >= 0.6 is 15.9 Å². The molecule has 2 N–H and O–H groups in total. The summed E-state index contributed by atoms with van der Waals surface area (Å²) in [5, 5.41) is 19.6. The van der Waals surface area contributed by atoms with Crippen LogP contribution in [0.15, 0.2) is 91.0 Å². The van der Waals surface area contributed by atoms with Gasteiger partial charge in [-0.15, -0.1) is 0 Å². The molecule has 0 saturated carbocycles. The van der Waals surface area contributed by atoms with Crippen molar-refractivity contribution in [3.63, 3.8) is 0 Å². The zero-order valence-electron chi connectivity index (χ0n) is 68.1. The summed E-state index contributed by atoms with van der Waals surface area (Å²) < 4.78 is 64.6. The van der Waals surface area contributed by atoms with E-state index in [-0.39, 0.29) is 123 Å². The van der Waals surface area contributed by atoms with Gasteiger partial charge in [0.1, 0.15) is 6.42 Å². The summed E-state index contributed by atoms with van der Waals surface area (Å²) in [6, 6.07) is 29.6. The van der Waals surface area contributed by atoms with Crippen molar-refractivity contribution in [2.24, 2.45) is 23.7 Å². The Morgan fingerprint density at radius 1 is 0.400 bits per heavy atom. The Hall–Kier alpha value is -5.42. The molecule has 0 fully saturated rings. The molecular formula is C81H141BrO21Si2. The predicted octanol–water partition coefficient (Wildman–Crippen LogP) is 17.1. The van der Waals surface area contributed by atoms with E-state index in [1.54, 1.807) is 69.2 Å². The lowest BCUT2D eigenvalue weighted by Crippen LogP contribution is -2.43. The quantitative estimate of drug-likeness (QED) is 0.0134. The second-order valence-electron chi connectivity index (χ2n) is 29.8. The van der Waals surface area contributed by atoms with Gasteiger partial charge in [-0.3, -0.25) is 33.6 Å². The van der Waals surface area contributed by atoms with Crippen molar-refractivity contribution >= 4 is 74.3 Å². The maximum Gasteiger partial charge on any atom is 0.320 e. The Morgan fingerprint density at radius 2 is 0.657 bits per heavy atom. The van der Waals surface area contributed by atoms with Crippen molar-refractivity contribution in [3.8, 4) is 0 Å². The first kappa shape index (κ1) is 106. The van der Waals surface area contributed by atoms with E-state index in [0.717, 1.165) is 22.0 Å². The third kappa shape index (κ3) is 56.5. The number of ether oxygens (including phenoxy) is 10. The van der Waals surface area contributed by atoms with Crippen molar-refractivity contribution in [1.82, 2.24) is 0 Å². The molecule has 105 heavy (non-hydrogen) atoms. The Morgan fingerprint density at radius 3 is 0.914 bits per heavy atom. The molecule has 0 spiro atoms. The average Bonchev–Trinajstić information content (AvgIpc) is 0.842. The first-order valence-corrected chi connectivity index (χ1v) is 43.7. The van der Waals surface area contributed by atoms with Crippen molar-refractivity contribution < 1.29 is 100.0 Å². The Labute approximate surface area is 644 Å². The number of benzene rings is 3. The summed E-state index contributed by atoms with van der Waals surface area (Å²) in [5.41, 5.74) is 3.26. The van der Waals surface area contributed by atoms with Gasteiger partial charge in [-0.25, -0.2) is 0 Å². The van der Waals surface area contributed by atoms with Crippen LogP contribution in [0.5, 0.6) is 0 Å². The molecule has 0 heterocycles. The number of alkyl halides is 1. The summed E-state index contributed by atoms with van der Waals surface area (Å²) in [7, 11) is -3.77. The normalized spacial score (nSPS) is 12.3. The van der Waals surface area contributed by atoms with Gasteiger partial charge in [-0.2, -0.15) is 0 Å². The number of aliphatic hydroxyl groups excluding tert-OH is 2. The van der Waals surface area contributed by atoms with Gasteiger partial charge in [0, 0.05) is 45.0 Å². The molecule has 21 nitrogen and oxygen atoms in total. The number of carbonyl (C=O) groups excluding carboxylic acids is 7. The lowest BCUT2D eigenvalue weighted by atomic mass is 10.1. The van der Waals surface area contributed by atoms with E-state index in [4.69, 9.17) is 66.4 Å². The average molecular weight is 1590 g/mol. The van der Waals surface area contributed by atoms with Gasteiger partial charge in [-0.05, 0) is 182 Å². The Balaban J connectivity index is -0.000000606. The molecule has 0 amide bonds. The minimum absolute atomic E-state index is 0. The SMILES string of the molecule is C.CC(C)OC(=O)C(CCO)CO[Si](C)(C)C(C)(C)C.CC(C)OC(=O)C(CCOCc1ccccc1)C(=O)OC(C)C.CC(C)OC(=O)C(CCOCc1ccccc1)CO[Si](C)(C)C(C)(C)C.CC(C)OC(=O)C(CO)CCOCc1ccccc1.CC(C)OC(=O)CC(=O)OC(C)C.CCCBr. The van der Waals surface area contributed by atoms with Gasteiger partial charge in [0.05, 0.1) is 86.9 Å². The van der Waals surface area contributed by atoms with Crippen molar-refractivity contribution in [2.75, 3.05) is 51.6 Å². The molecule has 0 aliphatic rings. The van der Waals surface area contributed by atoms with Crippen molar-refractivity contribution in [2.45, 2.75) is 290 Å². The summed E-state index contributed by atoms with van der Waals surface area (Å²) in [6.07, 6.45) is 1.27. The number of hydrogen-bond donors (Lipinski definition) is 2. The zero-order valence-corrected chi connectivity index (χ0v) is 71.6. The van der Waals surface area contributed by atoms with Crippen LogP contribution in [0.3, 0.4) is 0 Å². The second-order valence-corrected chi connectivity index (χ2v) is 40.2. The third-order valence-corrected chi connectivity index (χ3v) is 25.0. The lowest BCUT2D eigenvalue weighted by molar-refractivity contribution is -0.168. The number of halogens is 1. The van der Waals surface area contributed by atoms with Crippen LogP contribution in [0.2, 0.25) is 36.3 Å². The highest BCUT2D eigenvalue weighted by Gasteiger charge is 2.40. The minimum Gasteiger partial charge on any atom is -0.463 e. The molecule has 24 heteroatoms. The summed E-state index contributed by atoms with van der Waals surface area (Å²) >= 11 is 3.25. The molecule has 0 aliphatic heterocycles. The first-order chi connectivity index (χ1) is 48.4. The van der Waals surface area contributed by atoms with Crippen LogP contribution in [0.1, 0.15) is 208 Å². The molecule has 0 aliphatic carbocycles. The molecule has 0 aromatic heterocycles. The highest BCUT2D eigenvalue weighted by atomic mass is 79.9. The standard InChI is InChI=1S/C21H36O4Si.C18H26O5.C15H22O4.C14H30O4Si.C9H16O4.C3H7Br.CH4/c1-17(2)25-20(22)19(16-24-26(6,7)21(3,4)5)13-14-23-15-18-11-9-8-10-12-18;1-13(2)22-17(19)16(18(20)23-14(3)4)10-11-21-12-15-8-6-5-7-9-15;1-12(2)19-15(17)14(10-16)8-9-18-11-13-6-4-3-5-7-13;1-11(2)18-13(16)12(8-9-15)10-17-19(6,7)14(3,4)5;1-6(2)12-8(10)5-9(11)13-7(3)4;1-2-3-4;/h8-12,17,19H,13-16H2,1-7H3;5-9,13-14,16H,10-12H2,1-4H3;3-7,12,14,16H,8-11H2,1-2H3;11-12,15H,8-10H2,1-7H3;6-7H,5H2,1-4H3;2-3H2,1H3;1H4. The maximum atomic E-state index is 12.4. The van der Waals surface area contributed by atoms with Crippen LogP contribution in [0.25, 0.3) is 0 Å². The van der Waals surface area contributed by atoms with Crippen LogP contribution in [-0.2, 0) is 110 Å². The number of carbonyl (C=O) groups is 7. The van der Waals surface area contributed by atoms with E-state index in [2.05, 4.69) is 90.6 Å². The van der Waals surface area contributed by atoms with E-state index in [9.17, 15) is 33.6 Å². The number of hydrogen-bond acceptors (Lipinski definition) is 21. The van der Waals surface area contributed by atoms with Gasteiger partial charge < -0.3 is 66.4 Å². The van der Waals surface area contributed by atoms with Gasteiger partial charge in [0.15, 0.2) is 22.6 Å². The molecule has 3 unspecified atom stereocenters. The van der Waals surface area contributed by atoms with Crippen LogP contribution in [0.4, 0.5) is 0 Å². The lowest BCUT2D eigenvalue weighted by Gasteiger charge is -2.37. The van der Waals surface area contributed by atoms with Gasteiger partial charge >= 0.3 is 41.8 Å². The highest BCUT2D eigenvalue weighted by Crippen LogP contribution is 2.38. The van der Waals surface area contributed by atoms with E-state index in [1.165, 1.54) is 6.42 Å². The van der Waals surface area contributed by atoms with Gasteiger partial charge in [0.25, 0.3) is 0 Å². The van der Waals surface area contributed by atoms with Crippen LogP contribution in [-0.4, -0.2) is 163 Å². The van der Waals surface area contributed by atoms with Gasteiger partial charge in [-0.1, -0.05) is 163 Å². The summed E-state index contributed by atoms with van der Waals surface area (Å²) in [4.78, 5) is 81.9.